The van der Waals surface area contributed by atoms with Crippen molar-refractivity contribution in [2.24, 2.45) is 17.8 Å². The molecule has 2 unspecified atom stereocenters. The maximum Gasteiger partial charge on any atom is 0.360 e. The molecule has 1 spiro atoms. The van der Waals surface area contributed by atoms with Gasteiger partial charge in [0, 0.05) is 23.6 Å². The summed E-state index contributed by atoms with van der Waals surface area (Å²) in [5.41, 5.74) is 3.20. The molecule has 4 bridgehead atoms. The molecule has 6 rings (SSSR count). The van der Waals surface area contributed by atoms with Crippen LogP contribution < -0.4 is 15.4 Å². The topological polar surface area (TPSA) is 140 Å². The normalized spacial score (nSPS) is 24.2. The van der Waals surface area contributed by atoms with Crippen molar-refractivity contribution >= 4 is 23.3 Å². The van der Waals surface area contributed by atoms with Crippen LogP contribution in [0.3, 0.4) is 0 Å². The number of carbonyl (C=O) groups excluding carboxylic acids is 3. The van der Waals surface area contributed by atoms with Gasteiger partial charge in [-0.25, -0.2) is 9.78 Å². The second kappa shape index (κ2) is 10.5. The van der Waals surface area contributed by atoms with Gasteiger partial charge in [0.25, 0.3) is 0 Å². The van der Waals surface area contributed by atoms with Crippen LogP contribution >= 0.6 is 0 Å². The molecule has 3 N–H and O–H groups in total. The van der Waals surface area contributed by atoms with E-state index in [9.17, 15) is 19.5 Å². The molecule has 0 saturated heterocycles. The van der Waals surface area contributed by atoms with E-state index in [2.05, 4.69) is 21.7 Å². The Morgan fingerprint density at radius 2 is 1.88 bits per heavy atom. The first kappa shape index (κ1) is 28.9. The number of carbonyl (C=O) groups is 3. The van der Waals surface area contributed by atoms with Crippen molar-refractivity contribution in [2.45, 2.75) is 71.2 Å². The smallest absolute Gasteiger partial charge is 0.360 e. The van der Waals surface area contributed by atoms with Crippen LogP contribution in [0.15, 0.2) is 40.8 Å². The highest BCUT2D eigenvalue weighted by Crippen LogP contribution is 2.58. The average molecular weight is 588 g/mol. The Morgan fingerprint density at radius 3 is 2.58 bits per heavy atom. The molecule has 0 aliphatic carbocycles. The number of oxazole rings is 1. The highest BCUT2D eigenvalue weighted by molar-refractivity contribution is 5.91. The molecule has 3 aromatic rings. The van der Waals surface area contributed by atoms with Crippen LogP contribution in [0.5, 0.6) is 5.75 Å². The number of esters is 1. The first-order valence-electron chi connectivity index (χ1n) is 14.7. The van der Waals surface area contributed by atoms with Crippen molar-refractivity contribution in [1.29, 1.82) is 0 Å². The van der Waals surface area contributed by atoms with Gasteiger partial charge in [0.2, 0.25) is 11.8 Å². The highest BCUT2D eigenvalue weighted by atomic mass is 16.5. The van der Waals surface area contributed by atoms with Crippen molar-refractivity contribution in [3.8, 4) is 5.75 Å². The standard InChI is InChI=1S/C33H37N3O7/c1-15(2)25-30-36-26(31(40)41-6)28(43-30)33-20-11-17(5)7-9-22(20)34-32(33)42-24-10-8-18(13-21(24)33)12-19(29(39)35-25)14-23(37)27(38)16(3)4/h7-11,13,15-16,19,25,27,32,34,38H,12,14H2,1-6H3,(H,35,39)/t19?,25-,27-,32?,33-/m0/s1. The number of aromatic nitrogens is 1. The third kappa shape index (κ3) is 4.50. The van der Waals surface area contributed by atoms with E-state index in [4.69, 9.17) is 13.9 Å². The summed E-state index contributed by atoms with van der Waals surface area (Å²) >= 11 is 0. The number of Topliss-reactive ketones (excluding diaryl/α,β-unsaturated/α-hetero) is 1. The molecular weight excluding hydrogens is 550 g/mol. The first-order chi connectivity index (χ1) is 20.4. The molecule has 0 fully saturated rings. The fourth-order valence-corrected chi connectivity index (χ4v) is 6.54. The molecule has 3 aliphatic rings. The van der Waals surface area contributed by atoms with E-state index in [1.807, 2.05) is 51.1 Å². The molecule has 5 atom stereocenters. The molecular formula is C33H37N3O7. The molecule has 10 nitrogen and oxygen atoms in total. The van der Waals surface area contributed by atoms with E-state index < -0.39 is 35.7 Å². The Bertz CT molecular complexity index is 1630. The lowest BCUT2D eigenvalue weighted by molar-refractivity contribution is -0.135. The summed E-state index contributed by atoms with van der Waals surface area (Å²) < 4.78 is 18.3. The summed E-state index contributed by atoms with van der Waals surface area (Å²) in [6.07, 6.45) is -1.70. The summed E-state index contributed by atoms with van der Waals surface area (Å²) in [4.78, 5) is 44.9. The maximum atomic E-state index is 13.8. The second-order valence-electron chi connectivity index (χ2n) is 12.5. The molecule has 1 amide bonds. The highest BCUT2D eigenvalue weighted by Gasteiger charge is 2.61. The number of hydrogen-bond acceptors (Lipinski definition) is 9. The zero-order valence-electron chi connectivity index (χ0n) is 25.2. The number of nitrogens with one attached hydrogen (secondary N) is 2. The van der Waals surface area contributed by atoms with Crippen molar-refractivity contribution < 1.29 is 33.4 Å². The number of ether oxygens (including phenoxy) is 2. The van der Waals surface area contributed by atoms with Crippen LogP contribution in [0.4, 0.5) is 5.69 Å². The van der Waals surface area contributed by atoms with Crippen LogP contribution in [-0.2, 0) is 26.2 Å². The lowest BCUT2D eigenvalue weighted by Crippen LogP contribution is -2.41. The van der Waals surface area contributed by atoms with Gasteiger partial charge < -0.3 is 29.6 Å². The number of methoxy groups -OCH3 is 1. The van der Waals surface area contributed by atoms with Gasteiger partial charge in [-0.05, 0) is 48.4 Å². The molecule has 0 saturated carbocycles. The van der Waals surface area contributed by atoms with Crippen LogP contribution in [0.2, 0.25) is 0 Å². The SMILES string of the molecule is COC(=O)c1nc2oc1[C@@]13c4cc(C)ccc4NC1Oc1ccc(cc13)CC(CC(=O)[C@@H](O)C(C)C)C(=O)N[C@H]2C(C)C. The number of benzene rings is 2. The molecule has 3 aliphatic heterocycles. The van der Waals surface area contributed by atoms with Gasteiger partial charge in [-0.3, -0.25) is 9.59 Å². The minimum atomic E-state index is -1.17. The third-order valence-corrected chi connectivity index (χ3v) is 8.87. The van der Waals surface area contributed by atoms with Gasteiger partial charge in [-0.1, -0.05) is 57.5 Å². The monoisotopic (exact) mass is 587 g/mol. The number of amides is 1. The quantitative estimate of drug-likeness (QED) is 0.362. The summed E-state index contributed by atoms with van der Waals surface area (Å²) in [6, 6.07) is 11.0. The maximum absolute atomic E-state index is 13.8. The average Bonchev–Trinajstić information content (AvgIpc) is 3.63. The van der Waals surface area contributed by atoms with Gasteiger partial charge in [0.05, 0.1) is 7.11 Å². The van der Waals surface area contributed by atoms with E-state index in [0.717, 1.165) is 27.9 Å². The van der Waals surface area contributed by atoms with Gasteiger partial charge in [-0.2, -0.15) is 0 Å². The van der Waals surface area contributed by atoms with Gasteiger partial charge in [0.15, 0.2) is 23.5 Å². The van der Waals surface area contributed by atoms with E-state index in [1.54, 1.807) is 13.8 Å². The number of ketones is 1. The summed E-state index contributed by atoms with van der Waals surface area (Å²) in [5, 5.41) is 17.0. The Labute approximate surface area is 250 Å². The molecule has 10 heteroatoms. The van der Waals surface area contributed by atoms with E-state index >= 15 is 0 Å². The minimum absolute atomic E-state index is 0.00596. The molecule has 1 aromatic heterocycles. The number of aryl methyl sites for hydroxylation is 1. The number of rotatable bonds is 6. The van der Waals surface area contributed by atoms with Crippen molar-refractivity contribution in [3.05, 3.63) is 76.0 Å². The Hall–Kier alpha value is -4.18. The number of aliphatic hydroxyl groups is 1. The summed E-state index contributed by atoms with van der Waals surface area (Å²) in [6.45, 7) is 9.36. The van der Waals surface area contributed by atoms with Gasteiger partial charge in [-0.15, -0.1) is 0 Å². The zero-order valence-corrected chi connectivity index (χ0v) is 25.2. The van der Waals surface area contributed by atoms with Crippen molar-refractivity contribution in [2.75, 3.05) is 12.4 Å². The Morgan fingerprint density at radius 1 is 1.12 bits per heavy atom. The fraction of sp³-hybridized carbons (Fsp3) is 0.455. The lowest BCUT2D eigenvalue weighted by Gasteiger charge is -2.29. The van der Waals surface area contributed by atoms with Gasteiger partial charge >= 0.3 is 5.97 Å². The molecule has 2 aromatic carbocycles. The third-order valence-electron chi connectivity index (χ3n) is 8.87. The van der Waals surface area contributed by atoms with E-state index in [1.165, 1.54) is 7.11 Å². The Balaban J connectivity index is 1.61. The predicted molar refractivity (Wildman–Crippen MR) is 157 cm³/mol. The largest absolute Gasteiger partial charge is 0.469 e. The number of hydrogen-bond donors (Lipinski definition) is 3. The van der Waals surface area contributed by atoms with Crippen LogP contribution in [-0.4, -0.2) is 47.2 Å². The molecule has 0 radical (unpaired) electrons. The summed E-state index contributed by atoms with van der Waals surface area (Å²) in [5.74, 6) is -1.61. The Kier molecular flexibility index (Phi) is 7.07. The van der Waals surface area contributed by atoms with Crippen molar-refractivity contribution in [1.82, 2.24) is 10.3 Å². The second-order valence-corrected chi connectivity index (χ2v) is 12.5. The number of aliphatic hydroxyl groups excluding tert-OH is 1. The van der Waals surface area contributed by atoms with Crippen LogP contribution in [0, 0.1) is 24.7 Å². The first-order valence-corrected chi connectivity index (χ1v) is 14.7. The van der Waals surface area contributed by atoms with Gasteiger partial charge in [0.1, 0.15) is 23.3 Å². The number of anilines is 1. The zero-order chi connectivity index (χ0) is 30.8. The molecule has 43 heavy (non-hydrogen) atoms. The van der Waals surface area contributed by atoms with Crippen LogP contribution in [0.1, 0.15) is 84.6 Å². The minimum Gasteiger partial charge on any atom is -0.469 e. The van der Waals surface area contributed by atoms with Crippen LogP contribution in [0.25, 0.3) is 0 Å². The van der Waals surface area contributed by atoms with E-state index in [0.29, 0.717) is 5.75 Å². The molecule has 226 valence electrons. The predicted octanol–water partition coefficient (Wildman–Crippen LogP) is 4.21. The van der Waals surface area contributed by atoms with Crippen molar-refractivity contribution in [3.63, 3.8) is 0 Å². The molecule has 4 heterocycles. The lowest BCUT2D eigenvalue weighted by atomic mass is 9.72. The number of nitrogens with zero attached hydrogens (tertiary/aromatic N) is 1. The summed E-state index contributed by atoms with van der Waals surface area (Å²) in [7, 11) is 1.29. The van der Waals surface area contributed by atoms with E-state index in [-0.39, 0.29) is 53.7 Å². The fourth-order valence-electron chi connectivity index (χ4n) is 6.54. The number of fused-ring (bicyclic) bond motifs is 4.